The standard InChI is InChI=1S/C18H37N5O2.HI/c1-18(2,23-9-12-25-13-10-23)15-21-17(19-3)20-14-16-6-5-7-22(16)8-11-24-4;/h16H,5-15H2,1-4H3,(H2,19,20,21);1H. The zero-order chi connectivity index (χ0) is 18.1. The zero-order valence-electron chi connectivity index (χ0n) is 16.9. The summed E-state index contributed by atoms with van der Waals surface area (Å²) in [6, 6.07) is 0.570. The van der Waals surface area contributed by atoms with E-state index in [0.717, 1.165) is 58.5 Å². The van der Waals surface area contributed by atoms with Crippen LogP contribution >= 0.6 is 24.0 Å². The zero-order valence-corrected chi connectivity index (χ0v) is 19.3. The van der Waals surface area contributed by atoms with Crippen molar-refractivity contribution in [2.24, 2.45) is 4.99 Å². The highest BCUT2D eigenvalue weighted by Crippen LogP contribution is 2.16. The number of guanidine groups is 1. The van der Waals surface area contributed by atoms with E-state index in [1.807, 2.05) is 7.05 Å². The Balaban J connectivity index is 0.00000338. The number of nitrogens with zero attached hydrogens (tertiary/aromatic N) is 3. The van der Waals surface area contributed by atoms with Crippen molar-refractivity contribution in [3.8, 4) is 0 Å². The number of hydrogen-bond donors (Lipinski definition) is 2. The maximum Gasteiger partial charge on any atom is 0.191 e. The molecule has 154 valence electrons. The van der Waals surface area contributed by atoms with Gasteiger partial charge in [-0.25, -0.2) is 0 Å². The van der Waals surface area contributed by atoms with Gasteiger partial charge in [-0.3, -0.25) is 14.8 Å². The Kier molecular flexibility index (Phi) is 11.3. The van der Waals surface area contributed by atoms with Crippen molar-refractivity contribution >= 4 is 29.9 Å². The van der Waals surface area contributed by atoms with Gasteiger partial charge in [-0.1, -0.05) is 0 Å². The van der Waals surface area contributed by atoms with Crippen molar-refractivity contribution in [3.05, 3.63) is 0 Å². The van der Waals surface area contributed by atoms with E-state index >= 15 is 0 Å². The molecule has 2 aliphatic rings. The van der Waals surface area contributed by atoms with E-state index in [-0.39, 0.29) is 29.5 Å². The lowest BCUT2D eigenvalue weighted by atomic mass is 10.0. The maximum atomic E-state index is 5.46. The number of halogens is 1. The molecule has 7 nitrogen and oxygen atoms in total. The minimum atomic E-state index is 0. The first-order valence-electron chi connectivity index (χ1n) is 9.57. The minimum absolute atomic E-state index is 0. The van der Waals surface area contributed by atoms with Crippen LogP contribution in [0, 0.1) is 0 Å². The van der Waals surface area contributed by atoms with Gasteiger partial charge in [0.25, 0.3) is 0 Å². The van der Waals surface area contributed by atoms with E-state index in [1.165, 1.54) is 19.4 Å². The monoisotopic (exact) mass is 483 g/mol. The number of ether oxygens (including phenoxy) is 2. The number of likely N-dealkylation sites (tertiary alicyclic amines) is 1. The lowest BCUT2D eigenvalue weighted by molar-refractivity contribution is -0.00834. The van der Waals surface area contributed by atoms with Gasteiger partial charge < -0.3 is 20.1 Å². The molecule has 2 heterocycles. The summed E-state index contributed by atoms with van der Waals surface area (Å²) in [6.45, 7) is 13.0. The Bertz CT molecular complexity index is 416. The summed E-state index contributed by atoms with van der Waals surface area (Å²) in [6.07, 6.45) is 2.51. The number of hydrogen-bond acceptors (Lipinski definition) is 5. The number of rotatable bonds is 8. The van der Waals surface area contributed by atoms with E-state index in [1.54, 1.807) is 7.11 Å². The van der Waals surface area contributed by atoms with Crippen molar-refractivity contribution in [2.75, 3.05) is 73.2 Å². The normalized spacial score (nSPS) is 22.9. The summed E-state index contributed by atoms with van der Waals surface area (Å²) in [7, 11) is 3.61. The van der Waals surface area contributed by atoms with Gasteiger partial charge in [0.05, 0.1) is 19.8 Å². The van der Waals surface area contributed by atoms with Crippen LogP contribution in [0.4, 0.5) is 0 Å². The second-order valence-corrected chi connectivity index (χ2v) is 7.54. The highest BCUT2D eigenvalue weighted by atomic mass is 127. The second-order valence-electron chi connectivity index (χ2n) is 7.54. The minimum Gasteiger partial charge on any atom is -0.383 e. The molecule has 0 aromatic heterocycles. The SMILES string of the molecule is CN=C(NCC1CCCN1CCOC)NCC(C)(C)N1CCOCC1.I. The predicted octanol–water partition coefficient (Wildman–Crippen LogP) is 0.991. The Hall–Kier alpha value is -0.160. The molecule has 0 spiro atoms. The summed E-state index contributed by atoms with van der Waals surface area (Å²) in [5, 5.41) is 7.01. The van der Waals surface area contributed by atoms with Gasteiger partial charge in [0.2, 0.25) is 0 Å². The molecule has 2 rings (SSSR count). The summed E-state index contributed by atoms with van der Waals surface area (Å²) in [4.78, 5) is 9.39. The summed E-state index contributed by atoms with van der Waals surface area (Å²) < 4.78 is 10.7. The van der Waals surface area contributed by atoms with Crippen LogP contribution in [-0.2, 0) is 9.47 Å². The highest BCUT2D eigenvalue weighted by molar-refractivity contribution is 14.0. The molecule has 0 amide bonds. The van der Waals surface area contributed by atoms with Gasteiger partial charge in [-0.15, -0.1) is 24.0 Å². The van der Waals surface area contributed by atoms with Crippen LogP contribution < -0.4 is 10.6 Å². The molecule has 0 aromatic carbocycles. The Morgan fingerprint density at radius 3 is 2.62 bits per heavy atom. The van der Waals surface area contributed by atoms with E-state index in [4.69, 9.17) is 9.47 Å². The number of aliphatic imine (C=N–C) groups is 1. The largest absolute Gasteiger partial charge is 0.383 e. The van der Waals surface area contributed by atoms with E-state index in [2.05, 4.69) is 39.3 Å². The third-order valence-electron chi connectivity index (χ3n) is 5.37. The lowest BCUT2D eigenvalue weighted by Gasteiger charge is -2.41. The predicted molar refractivity (Wildman–Crippen MR) is 118 cm³/mol. The average molecular weight is 483 g/mol. The molecular formula is C18H38IN5O2. The topological polar surface area (TPSA) is 61.4 Å². The first-order chi connectivity index (χ1) is 12.1. The van der Waals surface area contributed by atoms with Crippen molar-refractivity contribution in [3.63, 3.8) is 0 Å². The van der Waals surface area contributed by atoms with E-state index in [9.17, 15) is 0 Å². The Labute approximate surface area is 176 Å². The summed E-state index contributed by atoms with van der Waals surface area (Å²) in [5.41, 5.74) is 0.0826. The molecule has 8 heteroatoms. The smallest absolute Gasteiger partial charge is 0.191 e. The molecule has 2 fully saturated rings. The van der Waals surface area contributed by atoms with Crippen LogP contribution in [0.25, 0.3) is 0 Å². The van der Waals surface area contributed by atoms with Crippen molar-refractivity contribution in [1.29, 1.82) is 0 Å². The molecule has 2 N–H and O–H groups in total. The van der Waals surface area contributed by atoms with Gasteiger partial charge in [0.15, 0.2) is 5.96 Å². The van der Waals surface area contributed by atoms with E-state index < -0.39 is 0 Å². The number of nitrogens with one attached hydrogen (secondary N) is 2. The molecule has 26 heavy (non-hydrogen) atoms. The maximum absolute atomic E-state index is 5.46. The molecule has 0 bridgehead atoms. The fourth-order valence-corrected chi connectivity index (χ4v) is 3.64. The van der Waals surface area contributed by atoms with Crippen LogP contribution in [-0.4, -0.2) is 101 Å². The molecular weight excluding hydrogens is 445 g/mol. The van der Waals surface area contributed by atoms with Crippen LogP contribution in [0.15, 0.2) is 4.99 Å². The average Bonchev–Trinajstić information content (AvgIpc) is 3.08. The van der Waals surface area contributed by atoms with Gasteiger partial charge in [0, 0.05) is 58.5 Å². The van der Waals surface area contributed by atoms with Gasteiger partial charge in [-0.2, -0.15) is 0 Å². The third-order valence-corrected chi connectivity index (χ3v) is 5.37. The first kappa shape index (κ1) is 23.9. The van der Waals surface area contributed by atoms with Crippen LogP contribution in [0.3, 0.4) is 0 Å². The van der Waals surface area contributed by atoms with Gasteiger partial charge in [0.1, 0.15) is 0 Å². The Morgan fingerprint density at radius 2 is 1.96 bits per heavy atom. The quantitative estimate of drug-likeness (QED) is 0.305. The molecule has 1 unspecified atom stereocenters. The fraction of sp³-hybridized carbons (Fsp3) is 0.944. The van der Waals surface area contributed by atoms with Gasteiger partial charge >= 0.3 is 0 Å². The second kappa shape index (κ2) is 12.3. The molecule has 2 aliphatic heterocycles. The Morgan fingerprint density at radius 1 is 1.23 bits per heavy atom. The number of methoxy groups -OCH3 is 1. The number of morpholine rings is 1. The van der Waals surface area contributed by atoms with Gasteiger partial charge in [-0.05, 0) is 33.2 Å². The van der Waals surface area contributed by atoms with Crippen molar-refractivity contribution < 1.29 is 9.47 Å². The first-order valence-corrected chi connectivity index (χ1v) is 9.57. The van der Waals surface area contributed by atoms with Crippen molar-refractivity contribution in [2.45, 2.75) is 38.3 Å². The summed E-state index contributed by atoms with van der Waals surface area (Å²) in [5.74, 6) is 0.889. The van der Waals surface area contributed by atoms with Crippen molar-refractivity contribution in [1.82, 2.24) is 20.4 Å². The molecule has 0 aromatic rings. The molecule has 0 radical (unpaired) electrons. The lowest BCUT2D eigenvalue weighted by Crippen LogP contribution is -2.57. The highest BCUT2D eigenvalue weighted by Gasteiger charge is 2.28. The van der Waals surface area contributed by atoms with Crippen LogP contribution in [0.5, 0.6) is 0 Å². The van der Waals surface area contributed by atoms with E-state index in [0.29, 0.717) is 6.04 Å². The molecule has 0 saturated carbocycles. The fourth-order valence-electron chi connectivity index (χ4n) is 3.64. The summed E-state index contributed by atoms with van der Waals surface area (Å²) >= 11 is 0. The van der Waals surface area contributed by atoms with Crippen LogP contribution in [0.1, 0.15) is 26.7 Å². The third kappa shape index (κ3) is 7.46. The molecule has 2 saturated heterocycles. The molecule has 1 atom stereocenters. The molecule has 0 aliphatic carbocycles. The van der Waals surface area contributed by atoms with Crippen LogP contribution in [0.2, 0.25) is 0 Å².